The SMILES string of the molecule is CC[C@@H]1[C@H](O)[C@H](C)[C@@H]([C@@H](C)[C@H](O)[C@H](C)C(=O)[C@H](CC)[C@H]2O[C@](C)([C@]3(O)O[C@@](CC)([C@@H](O)CC)C[C@H]3C)C[C@@H]2C)O[C@@]1(O)CC(=O)O. The summed E-state index contributed by atoms with van der Waals surface area (Å²) < 4.78 is 19.1. The smallest absolute Gasteiger partial charge is 0.308 e. The van der Waals surface area contributed by atoms with Crippen molar-refractivity contribution in [3.63, 3.8) is 0 Å². The Kier molecular flexibility index (Phi) is 12.2. The summed E-state index contributed by atoms with van der Waals surface area (Å²) in [6, 6.07) is 0. The first-order chi connectivity index (χ1) is 21.2. The van der Waals surface area contributed by atoms with Gasteiger partial charge in [-0.15, -0.1) is 0 Å². The van der Waals surface area contributed by atoms with Gasteiger partial charge in [-0.05, 0) is 51.4 Å². The Morgan fingerprint density at radius 1 is 0.935 bits per heavy atom. The van der Waals surface area contributed by atoms with Crippen LogP contribution in [0.4, 0.5) is 0 Å². The summed E-state index contributed by atoms with van der Waals surface area (Å²) in [5.74, 6) is -9.31. The number of aliphatic carboxylic acids is 1. The number of aliphatic hydroxyl groups excluding tert-OH is 3. The molecule has 3 fully saturated rings. The van der Waals surface area contributed by atoms with Gasteiger partial charge in [0.15, 0.2) is 11.6 Å². The summed E-state index contributed by atoms with van der Waals surface area (Å²) in [5.41, 5.74) is -2.04. The van der Waals surface area contributed by atoms with Crippen molar-refractivity contribution < 1.29 is 54.4 Å². The van der Waals surface area contributed by atoms with Crippen molar-refractivity contribution in [2.24, 2.45) is 41.4 Å². The Labute approximate surface area is 275 Å². The van der Waals surface area contributed by atoms with Crippen molar-refractivity contribution in [3.8, 4) is 0 Å². The second kappa shape index (κ2) is 14.4. The number of carbonyl (C=O) groups excluding carboxylic acids is 1. The lowest BCUT2D eigenvalue weighted by atomic mass is 9.71. The van der Waals surface area contributed by atoms with Gasteiger partial charge in [-0.25, -0.2) is 0 Å². The van der Waals surface area contributed by atoms with E-state index in [9.17, 15) is 40.2 Å². The molecular weight excluding hydrogens is 596 g/mol. The number of hydrogen-bond donors (Lipinski definition) is 6. The standard InChI is InChI=1S/C35H62O11/c1-11-23(30-18(5)15-32(10,44-30)35(43)19(6)16-33(14-4,46-35)25(36)13-3)28(40)20(7)27(39)21(8)31-22(9)29(41)24(12-2)34(42,45-31)17-26(37)38/h18-25,27,29-31,36,39,41-43H,11-17H2,1-10H3,(H,37,38)/t18-,19+,20-,21-,22-,23-,24+,25-,27+,29+,30-,31+,32-,33+,34-,35+/m0/s1. The first kappa shape index (κ1) is 39.3. The van der Waals surface area contributed by atoms with Gasteiger partial charge in [0.2, 0.25) is 0 Å². The molecule has 0 spiro atoms. The molecule has 0 aromatic rings. The molecule has 11 nitrogen and oxygen atoms in total. The van der Waals surface area contributed by atoms with E-state index >= 15 is 0 Å². The predicted molar refractivity (Wildman–Crippen MR) is 170 cm³/mol. The first-order valence-corrected chi connectivity index (χ1v) is 17.5. The lowest BCUT2D eigenvalue weighted by molar-refractivity contribution is -0.333. The van der Waals surface area contributed by atoms with Crippen LogP contribution in [0.15, 0.2) is 0 Å². The van der Waals surface area contributed by atoms with Crippen LogP contribution < -0.4 is 0 Å². The molecule has 0 unspecified atom stereocenters. The molecule has 0 bridgehead atoms. The zero-order valence-electron chi connectivity index (χ0n) is 29.6. The van der Waals surface area contributed by atoms with Crippen LogP contribution >= 0.6 is 0 Å². The molecular formula is C35H62O11. The monoisotopic (exact) mass is 658 g/mol. The second-order valence-corrected chi connectivity index (χ2v) is 15.2. The molecule has 268 valence electrons. The quantitative estimate of drug-likeness (QED) is 0.160. The fraction of sp³-hybridized carbons (Fsp3) is 0.943. The molecule has 11 heteroatoms. The van der Waals surface area contributed by atoms with Gasteiger partial charge >= 0.3 is 5.97 Å². The Morgan fingerprint density at radius 3 is 2.04 bits per heavy atom. The minimum absolute atomic E-state index is 0.123. The average Bonchev–Trinajstić information content (AvgIpc) is 3.46. The number of carbonyl (C=O) groups is 2. The van der Waals surface area contributed by atoms with Gasteiger partial charge in [0, 0.05) is 35.5 Å². The van der Waals surface area contributed by atoms with E-state index in [1.165, 1.54) is 0 Å². The van der Waals surface area contributed by atoms with E-state index in [1.54, 1.807) is 27.7 Å². The molecule has 0 radical (unpaired) electrons. The van der Waals surface area contributed by atoms with Crippen LogP contribution in [-0.2, 0) is 23.8 Å². The summed E-state index contributed by atoms with van der Waals surface area (Å²) in [6.45, 7) is 18.2. The minimum atomic E-state index is -2.12. The zero-order chi connectivity index (χ0) is 35.2. The van der Waals surface area contributed by atoms with Crippen molar-refractivity contribution in [1.29, 1.82) is 0 Å². The Balaban J connectivity index is 1.82. The molecule has 3 aliphatic heterocycles. The molecule has 46 heavy (non-hydrogen) atoms. The van der Waals surface area contributed by atoms with E-state index in [1.807, 2.05) is 41.5 Å². The Hall–Kier alpha value is -1.18. The number of ketones is 1. The third-order valence-electron chi connectivity index (χ3n) is 12.2. The molecule has 0 saturated carbocycles. The topological polar surface area (TPSA) is 183 Å². The highest BCUT2D eigenvalue weighted by Gasteiger charge is 2.67. The molecule has 0 amide bonds. The second-order valence-electron chi connectivity index (χ2n) is 15.2. The Morgan fingerprint density at radius 2 is 1.54 bits per heavy atom. The van der Waals surface area contributed by atoms with E-state index in [0.717, 1.165) is 0 Å². The number of ether oxygens (including phenoxy) is 3. The minimum Gasteiger partial charge on any atom is -0.481 e. The van der Waals surface area contributed by atoms with Crippen molar-refractivity contribution >= 4 is 11.8 Å². The largest absolute Gasteiger partial charge is 0.481 e. The fourth-order valence-electron chi connectivity index (χ4n) is 9.22. The van der Waals surface area contributed by atoms with E-state index in [0.29, 0.717) is 38.5 Å². The van der Waals surface area contributed by atoms with Crippen LogP contribution in [0.3, 0.4) is 0 Å². The summed E-state index contributed by atoms with van der Waals surface area (Å²) in [4.78, 5) is 25.7. The van der Waals surface area contributed by atoms with Gasteiger partial charge in [-0.1, -0.05) is 62.3 Å². The highest BCUT2D eigenvalue weighted by atomic mass is 16.7. The number of hydrogen-bond acceptors (Lipinski definition) is 10. The van der Waals surface area contributed by atoms with Gasteiger partial charge in [-0.2, -0.15) is 0 Å². The van der Waals surface area contributed by atoms with E-state index in [2.05, 4.69) is 0 Å². The Bertz CT molecular complexity index is 1070. The summed E-state index contributed by atoms with van der Waals surface area (Å²) >= 11 is 0. The van der Waals surface area contributed by atoms with Gasteiger partial charge in [-0.3, -0.25) is 9.59 Å². The lowest BCUT2D eigenvalue weighted by Crippen LogP contribution is -2.61. The van der Waals surface area contributed by atoms with Gasteiger partial charge in [0.25, 0.3) is 0 Å². The third-order valence-corrected chi connectivity index (χ3v) is 12.2. The van der Waals surface area contributed by atoms with Gasteiger partial charge in [0.05, 0.1) is 42.5 Å². The van der Waals surface area contributed by atoms with E-state index in [-0.39, 0.29) is 17.6 Å². The van der Waals surface area contributed by atoms with Crippen molar-refractivity contribution in [1.82, 2.24) is 0 Å². The summed E-state index contributed by atoms with van der Waals surface area (Å²) in [7, 11) is 0. The molecule has 0 aromatic carbocycles. The van der Waals surface area contributed by atoms with Gasteiger partial charge in [0.1, 0.15) is 11.4 Å². The zero-order valence-corrected chi connectivity index (χ0v) is 29.6. The summed E-state index contributed by atoms with van der Waals surface area (Å²) in [5, 5.41) is 66.2. The van der Waals surface area contributed by atoms with Crippen LogP contribution in [0.25, 0.3) is 0 Å². The van der Waals surface area contributed by atoms with E-state index < -0.39 is 95.3 Å². The highest BCUT2D eigenvalue weighted by Crippen LogP contribution is 2.56. The average molecular weight is 659 g/mol. The number of Topliss-reactive ketones (excluding diaryl/α,β-unsaturated/α-hetero) is 1. The van der Waals surface area contributed by atoms with Crippen molar-refractivity contribution in [3.05, 3.63) is 0 Å². The maximum absolute atomic E-state index is 14.1. The van der Waals surface area contributed by atoms with Crippen LogP contribution in [0.1, 0.15) is 114 Å². The van der Waals surface area contributed by atoms with Crippen LogP contribution in [-0.4, -0.2) is 95.7 Å². The van der Waals surface area contributed by atoms with Crippen LogP contribution in [0.2, 0.25) is 0 Å². The number of carboxylic acid groups (broad SMARTS) is 1. The fourth-order valence-corrected chi connectivity index (χ4v) is 9.22. The van der Waals surface area contributed by atoms with Crippen molar-refractivity contribution in [2.75, 3.05) is 0 Å². The van der Waals surface area contributed by atoms with Crippen LogP contribution in [0.5, 0.6) is 0 Å². The van der Waals surface area contributed by atoms with Gasteiger partial charge < -0.3 is 44.8 Å². The van der Waals surface area contributed by atoms with Crippen LogP contribution in [0, 0.1) is 41.4 Å². The number of aliphatic hydroxyl groups is 5. The van der Waals surface area contributed by atoms with E-state index in [4.69, 9.17) is 14.2 Å². The molecule has 0 aromatic heterocycles. The number of rotatable bonds is 14. The lowest BCUT2D eigenvalue weighted by Gasteiger charge is -2.51. The first-order valence-electron chi connectivity index (χ1n) is 17.5. The molecule has 6 N–H and O–H groups in total. The molecule has 0 aliphatic carbocycles. The van der Waals surface area contributed by atoms with Crippen molar-refractivity contribution in [2.45, 2.75) is 167 Å². The summed E-state index contributed by atoms with van der Waals surface area (Å²) in [6.07, 6.45) is -2.58. The third kappa shape index (κ3) is 6.69. The maximum Gasteiger partial charge on any atom is 0.308 e. The molecule has 3 saturated heterocycles. The predicted octanol–water partition coefficient (Wildman–Crippen LogP) is 3.65. The molecule has 3 aliphatic rings. The number of carboxylic acids is 1. The molecule has 16 atom stereocenters. The highest BCUT2D eigenvalue weighted by molar-refractivity contribution is 5.84. The maximum atomic E-state index is 14.1. The normalized spacial score (nSPS) is 44.8. The molecule has 3 heterocycles. The molecule has 3 rings (SSSR count).